The van der Waals surface area contributed by atoms with E-state index in [1.54, 1.807) is 12.3 Å². The number of hydrogen-bond acceptors (Lipinski definition) is 4. The molecule has 0 radical (unpaired) electrons. The molecule has 116 valence electrons. The van der Waals surface area contributed by atoms with Gasteiger partial charge in [-0.15, -0.1) is 0 Å². The predicted molar refractivity (Wildman–Crippen MR) is 83.9 cm³/mol. The Labute approximate surface area is 138 Å². The fourth-order valence-corrected chi connectivity index (χ4v) is 2.40. The fraction of sp³-hybridized carbons (Fsp3) is 0.0667. The normalized spacial score (nSPS) is 10.7. The molecule has 0 aliphatic heterocycles. The summed E-state index contributed by atoms with van der Waals surface area (Å²) in [5, 5.41) is 13.4. The minimum Gasteiger partial charge on any atom is -0.477 e. The standard InChI is InChI=1S/C15H10BrFN4O2/c1-8-4-5-18-21(8)13-7-12(15(22)23)19-14(20-13)9-2-3-11(17)10(16)6-9/h2-7H,1H3,(H,22,23). The number of carbonyl (C=O) groups is 1. The summed E-state index contributed by atoms with van der Waals surface area (Å²) in [7, 11) is 0. The molecule has 8 heteroatoms. The van der Waals surface area contributed by atoms with E-state index in [1.165, 1.54) is 28.9 Å². The van der Waals surface area contributed by atoms with Crippen molar-refractivity contribution in [1.82, 2.24) is 19.7 Å². The Balaban J connectivity index is 2.20. The molecule has 0 atom stereocenters. The second-order valence-corrected chi connectivity index (χ2v) is 5.61. The van der Waals surface area contributed by atoms with Crippen LogP contribution >= 0.6 is 15.9 Å². The van der Waals surface area contributed by atoms with Crippen molar-refractivity contribution in [3.05, 3.63) is 58.2 Å². The van der Waals surface area contributed by atoms with Crippen LogP contribution in [0.15, 0.2) is 41.0 Å². The lowest BCUT2D eigenvalue weighted by Crippen LogP contribution is -2.09. The lowest BCUT2D eigenvalue weighted by molar-refractivity contribution is 0.0690. The van der Waals surface area contributed by atoms with Crippen molar-refractivity contribution in [1.29, 1.82) is 0 Å². The molecule has 2 heterocycles. The maximum Gasteiger partial charge on any atom is 0.354 e. The molecule has 0 aliphatic rings. The van der Waals surface area contributed by atoms with Crippen molar-refractivity contribution in [3.8, 4) is 17.2 Å². The number of rotatable bonds is 3. The maximum absolute atomic E-state index is 13.4. The topological polar surface area (TPSA) is 80.9 Å². The van der Waals surface area contributed by atoms with Crippen LogP contribution in [-0.2, 0) is 0 Å². The van der Waals surface area contributed by atoms with E-state index >= 15 is 0 Å². The third kappa shape index (κ3) is 2.98. The van der Waals surface area contributed by atoms with Crippen LogP contribution in [0.4, 0.5) is 4.39 Å². The molecule has 0 saturated heterocycles. The second-order valence-electron chi connectivity index (χ2n) is 4.75. The highest BCUT2D eigenvalue weighted by atomic mass is 79.9. The van der Waals surface area contributed by atoms with Gasteiger partial charge in [-0.25, -0.2) is 23.8 Å². The van der Waals surface area contributed by atoms with Crippen LogP contribution in [0.2, 0.25) is 0 Å². The lowest BCUT2D eigenvalue weighted by atomic mass is 10.2. The lowest BCUT2D eigenvalue weighted by Gasteiger charge is -2.08. The number of aromatic carboxylic acids is 1. The van der Waals surface area contributed by atoms with E-state index < -0.39 is 11.8 Å². The summed E-state index contributed by atoms with van der Waals surface area (Å²) in [6.07, 6.45) is 1.59. The Bertz CT molecular complexity index is 910. The SMILES string of the molecule is Cc1ccnn1-c1cc(C(=O)O)nc(-c2ccc(F)c(Br)c2)n1. The van der Waals surface area contributed by atoms with Gasteiger partial charge in [-0.2, -0.15) is 5.10 Å². The van der Waals surface area contributed by atoms with Crippen LogP contribution in [0.1, 0.15) is 16.2 Å². The molecule has 0 fully saturated rings. The first-order chi connectivity index (χ1) is 11.0. The summed E-state index contributed by atoms with van der Waals surface area (Å²) < 4.78 is 15.1. The summed E-state index contributed by atoms with van der Waals surface area (Å²) in [4.78, 5) is 19.7. The molecule has 1 N–H and O–H groups in total. The average molecular weight is 377 g/mol. The molecule has 0 aliphatic carbocycles. The van der Waals surface area contributed by atoms with Gasteiger partial charge in [0.25, 0.3) is 0 Å². The van der Waals surface area contributed by atoms with Gasteiger partial charge in [0.2, 0.25) is 0 Å². The van der Waals surface area contributed by atoms with Crippen LogP contribution < -0.4 is 0 Å². The van der Waals surface area contributed by atoms with Gasteiger partial charge in [-0.3, -0.25) is 0 Å². The van der Waals surface area contributed by atoms with Crippen molar-refractivity contribution in [3.63, 3.8) is 0 Å². The maximum atomic E-state index is 13.4. The molecule has 0 amide bonds. The minimum absolute atomic E-state index is 0.166. The van der Waals surface area contributed by atoms with Gasteiger partial charge in [0, 0.05) is 23.5 Å². The molecule has 2 aromatic heterocycles. The monoisotopic (exact) mass is 376 g/mol. The third-order valence-electron chi connectivity index (χ3n) is 3.16. The molecule has 0 saturated carbocycles. The van der Waals surface area contributed by atoms with Gasteiger partial charge in [-0.05, 0) is 47.1 Å². The van der Waals surface area contributed by atoms with Crippen LogP contribution in [-0.4, -0.2) is 30.8 Å². The zero-order valence-electron chi connectivity index (χ0n) is 11.9. The number of carboxylic acid groups (broad SMARTS) is 1. The second kappa shape index (κ2) is 5.88. The van der Waals surface area contributed by atoms with Gasteiger partial charge in [0.15, 0.2) is 17.3 Å². The smallest absolute Gasteiger partial charge is 0.354 e. The van der Waals surface area contributed by atoms with Crippen molar-refractivity contribution < 1.29 is 14.3 Å². The third-order valence-corrected chi connectivity index (χ3v) is 3.77. The van der Waals surface area contributed by atoms with Crippen molar-refractivity contribution >= 4 is 21.9 Å². The first-order valence-corrected chi connectivity index (χ1v) is 7.34. The van der Waals surface area contributed by atoms with E-state index in [-0.39, 0.29) is 16.0 Å². The van der Waals surface area contributed by atoms with E-state index in [4.69, 9.17) is 0 Å². The molecule has 0 spiro atoms. The van der Waals surface area contributed by atoms with Gasteiger partial charge >= 0.3 is 5.97 Å². The van der Waals surface area contributed by atoms with Crippen molar-refractivity contribution in [2.24, 2.45) is 0 Å². The molecule has 0 unspecified atom stereocenters. The van der Waals surface area contributed by atoms with Crippen LogP contribution in [0.5, 0.6) is 0 Å². The van der Waals surface area contributed by atoms with E-state index in [0.717, 1.165) is 5.69 Å². The Morgan fingerprint density at radius 2 is 2.04 bits per heavy atom. The van der Waals surface area contributed by atoms with Crippen LogP contribution in [0.25, 0.3) is 17.2 Å². The molecule has 23 heavy (non-hydrogen) atoms. The number of nitrogens with zero attached hydrogens (tertiary/aromatic N) is 4. The Morgan fingerprint density at radius 3 is 2.65 bits per heavy atom. The Kier molecular flexibility index (Phi) is 3.91. The number of aryl methyl sites for hydroxylation is 1. The summed E-state index contributed by atoms with van der Waals surface area (Å²) >= 11 is 3.10. The molecule has 1 aromatic carbocycles. The molecule has 0 bridgehead atoms. The number of hydrogen-bond donors (Lipinski definition) is 1. The first-order valence-electron chi connectivity index (χ1n) is 6.54. The molecular weight excluding hydrogens is 367 g/mol. The highest BCUT2D eigenvalue weighted by molar-refractivity contribution is 9.10. The van der Waals surface area contributed by atoms with Gasteiger partial charge in [0.1, 0.15) is 5.82 Å². The Hall–Kier alpha value is -2.61. The largest absolute Gasteiger partial charge is 0.477 e. The number of halogens is 2. The van der Waals surface area contributed by atoms with Crippen molar-refractivity contribution in [2.45, 2.75) is 6.92 Å². The number of aromatic nitrogens is 4. The van der Waals surface area contributed by atoms with E-state index in [9.17, 15) is 14.3 Å². The van der Waals surface area contributed by atoms with Gasteiger partial charge in [0.05, 0.1) is 4.47 Å². The van der Waals surface area contributed by atoms with E-state index in [1.807, 2.05) is 6.92 Å². The van der Waals surface area contributed by atoms with Crippen LogP contribution in [0.3, 0.4) is 0 Å². The molecule has 3 rings (SSSR count). The fourth-order valence-electron chi connectivity index (χ4n) is 2.03. The summed E-state index contributed by atoms with van der Waals surface area (Å²) in [5.41, 5.74) is 1.12. The zero-order chi connectivity index (χ0) is 16.6. The quantitative estimate of drug-likeness (QED) is 0.758. The number of carboxylic acids is 1. The highest BCUT2D eigenvalue weighted by Gasteiger charge is 2.15. The van der Waals surface area contributed by atoms with Gasteiger partial charge in [-0.1, -0.05) is 0 Å². The molecule has 6 nitrogen and oxygen atoms in total. The summed E-state index contributed by atoms with van der Waals surface area (Å²) in [5.74, 6) is -1.10. The zero-order valence-corrected chi connectivity index (χ0v) is 13.5. The predicted octanol–water partition coefficient (Wildman–Crippen LogP) is 3.24. The Morgan fingerprint density at radius 1 is 1.26 bits per heavy atom. The molecular formula is C15H10BrFN4O2. The molecule has 3 aromatic rings. The van der Waals surface area contributed by atoms with E-state index in [2.05, 4.69) is 31.0 Å². The summed E-state index contributed by atoms with van der Waals surface area (Å²) in [6.45, 7) is 1.82. The first kappa shape index (κ1) is 15.3. The van der Waals surface area contributed by atoms with E-state index in [0.29, 0.717) is 11.4 Å². The summed E-state index contributed by atoms with van der Waals surface area (Å²) in [6, 6.07) is 7.35. The minimum atomic E-state index is -1.18. The average Bonchev–Trinajstić information content (AvgIpc) is 2.95. The number of benzene rings is 1. The van der Waals surface area contributed by atoms with Crippen molar-refractivity contribution in [2.75, 3.05) is 0 Å². The highest BCUT2D eigenvalue weighted by Crippen LogP contribution is 2.24. The van der Waals surface area contributed by atoms with Crippen LogP contribution in [0, 0.1) is 12.7 Å². The van der Waals surface area contributed by atoms with Gasteiger partial charge < -0.3 is 5.11 Å².